The molecule has 0 unspecified atom stereocenters. The van der Waals surface area contributed by atoms with Crippen LogP contribution in [-0.4, -0.2) is 23.8 Å². The summed E-state index contributed by atoms with van der Waals surface area (Å²) in [6.45, 7) is 4.06. The van der Waals surface area contributed by atoms with E-state index in [0.29, 0.717) is 11.3 Å². The molecule has 5 nitrogen and oxygen atoms in total. The van der Waals surface area contributed by atoms with Crippen molar-refractivity contribution in [3.63, 3.8) is 0 Å². The quantitative estimate of drug-likeness (QED) is 0.374. The Bertz CT molecular complexity index is 1040. The molecule has 0 radical (unpaired) electrons. The molecule has 1 aromatic heterocycles. The molecule has 144 valence electrons. The van der Waals surface area contributed by atoms with E-state index in [-0.39, 0.29) is 5.91 Å². The Kier molecular flexibility index (Phi) is 6.36. The molecule has 1 N–H and O–H groups in total. The van der Waals surface area contributed by atoms with Gasteiger partial charge in [-0.25, -0.2) is 5.43 Å². The highest BCUT2D eigenvalue weighted by Crippen LogP contribution is 2.23. The molecule has 0 aliphatic carbocycles. The van der Waals surface area contributed by atoms with Crippen molar-refractivity contribution in [2.75, 3.05) is 7.11 Å². The summed E-state index contributed by atoms with van der Waals surface area (Å²) in [7, 11) is 1.53. The summed E-state index contributed by atoms with van der Waals surface area (Å²) in [4.78, 5) is 12.4. The number of rotatable bonds is 5. The van der Waals surface area contributed by atoms with Crippen LogP contribution < -0.4 is 10.2 Å². The lowest BCUT2D eigenvalue weighted by molar-refractivity contribution is 0.0952. The van der Waals surface area contributed by atoms with E-state index in [1.54, 1.807) is 18.3 Å². The second kappa shape index (κ2) is 8.75. The zero-order valence-corrected chi connectivity index (χ0v) is 18.8. The van der Waals surface area contributed by atoms with E-state index in [1.165, 1.54) is 7.11 Å². The highest BCUT2D eigenvalue weighted by Gasteiger charge is 2.13. The third kappa shape index (κ3) is 4.36. The molecule has 3 aromatic rings. The van der Waals surface area contributed by atoms with Crippen molar-refractivity contribution in [1.82, 2.24) is 9.99 Å². The molecule has 2 aromatic carbocycles. The number of nitrogens with zero attached hydrogens (tertiary/aromatic N) is 2. The summed E-state index contributed by atoms with van der Waals surface area (Å²) in [5, 5.41) is 4.13. The SMILES string of the molecule is COc1ccc(Br)cc1C(=O)N/N=C\c1cc(C)n(-c2ccc(Br)cc2)c1C. The monoisotopic (exact) mass is 503 g/mol. The molecular weight excluding hydrogens is 486 g/mol. The number of carbonyl (C=O) groups excluding carboxylic acids is 1. The highest BCUT2D eigenvalue weighted by atomic mass is 79.9. The van der Waals surface area contributed by atoms with E-state index < -0.39 is 0 Å². The van der Waals surface area contributed by atoms with Gasteiger partial charge in [0.1, 0.15) is 5.75 Å². The van der Waals surface area contributed by atoms with Gasteiger partial charge in [-0.15, -0.1) is 0 Å². The predicted octanol–water partition coefficient (Wildman–Crippen LogP) is 5.39. The fourth-order valence-electron chi connectivity index (χ4n) is 2.98. The van der Waals surface area contributed by atoms with Crippen LogP contribution in [0.3, 0.4) is 0 Å². The number of ether oxygens (including phenoxy) is 1. The molecule has 0 saturated heterocycles. The number of carbonyl (C=O) groups is 1. The Morgan fingerprint density at radius 2 is 1.75 bits per heavy atom. The lowest BCUT2D eigenvalue weighted by atomic mass is 10.2. The van der Waals surface area contributed by atoms with Crippen LogP contribution in [0.2, 0.25) is 0 Å². The van der Waals surface area contributed by atoms with Gasteiger partial charge in [-0.1, -0.05) is 31.9 Å². The van der Waals surface area contributed by atoms with Crippen LogP contribution in [0.4, 0.5) is 0 Å². The standard InChI is InChI=1S/C21H19Br2N3O2/c1-13-10-15(14(2)26(13)18-7-4-16(22)5-8-18)12-24-25-21(27)19-11-17(23)6-9-20(19)28-3/h4-12H,1-3H3,(H,25,27)/b24-12-. The lowest BCUT2D eigenvalue weighted by Crippen LogP contribution is -2.18. The van der Waals surface area contributed by atoms with E-state index in [2.05, 4.69) is 47.0 Å². The Morgan fingerprint density at radius 1 is 1.07 bits per heavy atom. The first kappa shape index (κ1) is 20.4. The second-order valence-corrected chi connectivity index (χ2v) is 8.01. The second-order valence-electron chi connectivity index (χ2n) is 6.18. The van der Waals surface area contributed by atoms with Gasteiger partial charge in [-0.2, -0.15) is 5.10 Å². The maximum Gasteiger partial charge on any atom is 0.275 e. The smallest absolute Gasteiger partial charge is 0.275 e. The van der Waals surface area contributed by atoms with Crippen molar-refractivity contribution >= 4 is 44.0 Å². The molecule has 1 amide bonds. The first-order chi connectivity index (χ1) is 13.4. The number of benzene rings is 2. The molecule has 3 rings (SSSR count). The molecule has 0 fully saturated rings. The van der Waals surface area contributed by atoms with Crippen LogP contribution in [0.25, 0.3) is 5.69 Å². The molecule has 7 heteroatoms. The van der Waals surface area contributed by atoms with Gasteiger partial charge in [0.25, 0.3) is 5.91 Å². The summed E-state index contributed by atoms with van der Waals surface area (Å²) in [5.41, 5.74) is 7.10. The van der Waals surface area contributed by atoms with E-state index >= 15 is 0 Å². The summed E-state index contributed by atoms with van der Waals surface area (Å²) < 4.78 is 9.21. The average molecular weight is 505 g/mol. The number of amides is 1. The van der Waals surface area contributed by atoms with Crippen molar-refractivity contribution < 1.29 is 9.53 Å². The maximum absolute atomic E-state index is 12.4. The van der Waals surface area contributed by atoms with Gasteiger partial charge < -0.3 is 9.30 Å². The Labute approximate surface area is 180 Å². The van der Waals surface area contributed by atoms with Crippen molar-refractivity contribution in [2.45, 2.75) is 13.8 Å². The van der Waals surface area contributed by atoms with Gasteiger partial charge in [-0.3, -0.25) is 4.79 Å². The van der Waals surface area contributed by atoms with Gasteiger partial charge in [0, 0.05) is 31.6 Å². The van der Waals surface area contributed by atoms with Crippen LogP contribution in [0.5, 0.6) is 5.75 Å². The zero-order valence-electron chi connectivity index (χ0n) is 15.7. The van der Waals surface area contributed by atoms with Gasteiger partial charge in [-0.05, 0) is 62.4 Å². The van der Waals surface area contributed by atoms with E-state index in [1.807, 2.05) is 50.2 Å². The molecule has 0 aliphatic heterocycles. The van der Waals surface area contributed by atoms with Crippen LogP contribution in [0.1, 0.15) is 27.3 Å². The summed E-state index contributed by atoms with van der Waals surface area (Å²) in [5.74, 6) is 0.153. The number of hydrogen-bond donors (Lipinski definition) is 1. The third-order valence-corrected chi connectivity index (χ3v) is 5.35. The number of aromatic nitrogens is 1. The number of nitrogens with one attached hydrogen (secondary N) is 1. The molecule has 0 atom stereocenters. The Morgan fingerprint density at radius 3 is 2.43 bits per heavy atom. The van der Waals surface area contributed by atoms with Crippen molar-refractivity contribution in [1.29, 1.82) is 0 Å². The minimum absolute atomic E-state index is 0.337. The van der Waals surface area contributed by atoms with E-state index in [4.69, 9.17) is 4.74 Å². The third-order valence-electron chi connectivity index (χ3n) is 4.33. The Hall–Kier alpha value is -2.38. The topological polar surface area (TPSA) is 55.6 Å². The van der Waals surface area contributed by atoms with Crippen molar-refractivity contribution in [3.05, 3.63) is 80.0 Å². The maximum atomic E-state index is 12.4. The van der Waals surface area contributed by atoms with Gasteiger partial charge >= 0.3 is 0 Å². The zero-order chi connectivity index (χ0) is 20.3. The summed E-state index contributed by atoms with van der Waals surface area (Å²) >= 11 is 6.83. The van der Waals surface area contributed by atoms with Crippen LogP contribution >= 0.6 is 31.9 Å². The molecule has 0 saturated carbocycles. The van der Waals surface area contributed by atoms with E-state index in [9.17, 15) is 4.79 Å². The molecule has 0 spiro atoms. The minimum atomic E-state index is -0.337. The van der Waals surface area contributed by atoms with Crippen LogP contribution in [0.15, 0.2) is 62.6 Å². The number of hydrogen-bond acceptors (Lipinski definition) is 3. The molecule has 1 heterocycles. The van der Waals surface area contributed by atoms with Crippen LogP contribution in [-0.2, 0) is 0 Å². The minimum Gasteiger partial charge on any atom is -0.496 e. The summed E-state index contributed by atoms with van der Waals surface area (Å²) in [6, 6.07) is 15.4. The predicted molar refractivity (Wildman–Crippen MR) is 119 cm³/mol. The molecular formula is C21H19Br2N3O2. The number of hydrazone groups is 1. The van der Waals surface area contributed by atoms with Gasteiger partial charge in [0.2, 0.25) is 0 Å². The average Bonchev–Trinajstić information content (AvgIpc) is 2.96. The molecule has 0 bridgehead atoms. The molecule has 28 heavy (non-hydrogen) atoms. The van der Waals surface area contributed by atoms with Crippen molar-refractivity contribution in [2.24, 2.45) is 5.10 Å². The van der Waals surface area contributed by atoms with Gasteiger partial charge in [0.15, 0.2) is 0 Å². The lowest BCUT2D eigenvalue weighted by Gasteiger charge is -2.09. The first-order valence-electron chi connectivity index (χ1n) is 8.52. The molecule has 0 aliphatic rings. The fraction of sp³-hybridized carbons (Fsp3) is 0.143. The largest absolute Gasteiger partial charge is 0.496 e. The normalized spacial score (nSPS) is 11.0. The summed E-state index contributed by atoms with van der Waals surface area (Å²) in [6.07, 6.45) is 1.65. The van der Waals surface area contributed by atoms with Crippen molar-refractivity contribution in [3.8, 4) is 11.4 Å². The highest BCUT2D eigenvalue weighted by molar-refractivity contribution is 9.10. The fourth-order valence-corrected chi connectivity index (χ4v) is 3.61. The Balaban J connectivity index is 1.80. The number of methoxy groups -OCH3 is 1. The van der Waals surface area contributed by atoms with Crippen LogP contribution in [0, 0.1) is 13.8 Å². The first-order valence-corrected chi connectivity index (χ1v) is 10.1. The van der Waals surface area contributed by atoms with E-state index in [0.717, 1.165) is 31.6 Å². The number of aryl methyl sites for hydroxylation is 1. The number of halogens is 2. The van der Waals surface area contributed by atoms with Gasteiger partial charge in [0.05, 0.1) is 18.9 Å².